The number of hydrogen-bond donors (Lipinski definition) is 0. The zero-order valence-corrected chi connectivity index (χ0v) is 11.6. The average Bonchev–Trinajstić information content (AvgIpc) is 2.57. The Balaban J connectivity index is 2.00. The van der Waals surface area contributed by atoms with Gasteiger partial charge in [-0.25, -0.2) is 0 Å². The summed E-state index contributed by atoms with van der Waals surface area (Å²) in [4.78, 5) is 2.30. The molecule has 0 aromatic carbocycles. The van der Waals surface area contributed by atoms with Gasteiger partial charge in [0.25, 0.3) is 0 Å². The predicted molar refractivity (Wildman–Crippen MR) is 53.0 cm³/mol. The first kappa shape index (κ1) is 10.8. The first-order chi connectivity index (χ1) is 6.27. The molecule has 2 rings (SSSR count). The van der Waals surface area contributed by atoms with E-state index in [2.05, 4.69) is 23.5 Å². The predicted octanol–water partition coefficient (Wildman–Crippen LogP) is -1.07. The zero-order chi connectivity index (χ0) is 9.31. The van der Waals surface area contributed by atoms with Crippen LogP contribution in [0.15, 0.2) is 0 Å². The molecule has 2 aliphatic rings. The molecule has 2 saturated heterocycles. The van der Waals surface area contributed by atoms with E-state index in [0.717, 1.165) is 19.6 Å². The van der Waals surface area contributed by atoms with Crippen LogP contribution in [-0.4, -0.2) is 36.3 Å². The molecule has 2 fully saturated rings. The molecule has 0 N–H and O–H groups in total. The van der Waals surface area contributed by atoms with Crippen LogP contribution < -0.4 is 17.6 Å². The van der Waals surface area contributed by atoms with Crippen molar-refractivity contribution in [2.75, 3.05) is 19.7 Å². The van der Waals surface area contributed by atoms with Crippen molar-refractivity contribution in [3.05, 3.63) is 0 Å². The van der Waals surface area contributed by atoms with Gasteiger partial charge in [-0.05, 0) is 0 Å². The zero-order valence-electron chi connectivity index (χ0n) is 7.31. The van der Waals surface area contributed by atoms with Crippen LogP contribution in [0.1, 0.15) is 19.3 Å². The Hall–Kier alpha value is 1.31. The number of rotatable bonds is 3. The summed E-state index contributed by atoms with van der Waals surface area (Å²) in [7, 11) is 0. The first-order valence-corrected chi connectivity index (χ1v) is 11.7. The molecule has 2 atom stereocenters. The summed E-state index contributed by atoms with van der Waals surface area (Å²) < 4.78 is 18.8. The Morgan fingerprint density at radius 1 is 1.69 bits per heavy atom. The van der Waals surface area contributed by atoms with Gasteiger partial charge in [0.1, 0.15) is 0 Å². The molecule has 2 nitrogen and oxygen atoms in total. The van der Waals surface area contributed by atoms with Crippen molar-refractivity contribution in [3.8, 4) is 0 Å². The Kier molecular flexibility index (Phi) is 3.70. The number of hydrogen-bond acceptors (Lipinski definition) is 2. The van der Waals surface area contributed by atoms with Gasteiger partial charge in [-0.15, -0.1) is 0 Å². The molecule has 0 bridgehead atoms. The third-order valence-electron chi connectivity index (χ3n) is 3.13. The fraction of sp³-hybridized carbons (Fsp3) is 1.00. The summed E-state index contributed by atoms with van der Waals surface area (Å²) in [5.41, 5.74) is 0.0876. The molecule has 78 valence electrons. The van der Waals surface area contributed by atoms with Crippen LogP contribution in [0.4, 0.5) is 4.39 Å². The van der Waals surface area contributed by atoms with Gasteiger partial charge in [0, 0.05) is 0 Å². The van der Waals surface area contributed by atoms with Gasteiger partial charge in [-0.3, -0.25) is 0 Å². The second-order valence-corrected chi connectivity index (χ2v) is 7.08. The molecule has 0 aliphatic carbocycles. The van der Waals surface area contributed by atoms with Crippen molar-refractivity contribution in [2.24, 2.45) is 0 Å². The van der Waals surface area contributed by atoms with Gasteiger partial charge in [-0.1, -0.05) is 0 Å². The van der Waals surface area contributed by atoms with E-state index in [0.29, 0.717) is 13.0 Å². The number of alkyl halides is 1. The van der Waals surface area contributed by atoms with Gasteiger partial charge >= 0.3 is 99.3 Å². The summed E-state index contributed by atoms with van der Waals surface area (Å²) in [6, 6.07) is 0. The molecule has 0 spiro atoms. The molecule has 0 aromatic heterocycles. The second kappa shape index (κ2) is 4.44. The van der Waals surface area contributed by atoms with Crippen LogP contribution in [0, 0.1) is 0 Å². The third-order valence-corrected chi connectivity index (χ3v) is 5.25. The van der Waals surface area contributed by atoms with E-state index in [1.165, 1.54) is 6.42 Å². The van der Waals surface area contributed by atoms with Gasteiger partial charge in [0.2, 0.25) is 0 Å². The molecular weight excluding hydrogens is 399 g/mol. The van der Waals surface area contributed by atoms with Crippen LogP contribution in [0.2, 0.25) is 0 Å². The maximum absolute atomic E-state index is 13.2. The molecular formula is C8H13FI2NO-. The van der Waals surface area contributed by atoms with Gasteiger partial charge < -0.3 is 0 Å². The van der Waals surface area contributed by atoms with E-state index in [4.69, 9.17) is 3.07 Å². The summed E-state index contributed by atoms with van der Waals surface area (Å²) >= 11 is 2.17. The van der Waals surface area contributed by atoms with E-state index >= 15 is 0 Å². The number of fused-ring (bicyclic) bond motifs is 1. The Morgan fingerprint density at radius 3 is 3.31 bits per heavy atom. The van der Waals surface area contributed by atoms with Crippen LogP contribution in [0.25, 0.3) is 0 Å². The summed E-state index contributed by atoms with van der Waals surface area (Å²) in [6.45, 7) is 2.48. The third kappa shape index (κ3) is 2.12. The summed E-state index contributed by atoms with van der Waals surface area (Å²) in [6.07, 6.45) is 2.44. The van der Waals surface area contributed by atoms with Crippen molar-refractivity contribution in [1.29, 1.82) is 0 Å². The molecule has 0 amide bonds. The van der Waals surface area contributed by atoms with Crippen LogP contribution >= 0.6 is 18.6 Å². The van der Waals surface area contributed by atoms with Crippen LogP contribution in [0.3, 0.4) is 0 Å². The van der Waals surface area contributed by atoms with E-state index < -0.39 is 6.17 Å². The van der Waals surface area contributed by atoms with Crippen LogP contribution in [0.5, 0.6) is 0 Å². The van der Waals surface area contributed by atoms with E-state index in [9.17, 15) is 4.39 Å². The van der Waals surface area contributed by atoms with Crippen molar-refractivity contribution in [2.45, 2.75) is 31.0 Å². The van der Waals surface area contributed by atoms with Crippen molar-refractivity contribution in [3.63, 3.8) is 0 Å². The van der Waals surface area contributed by atoms with Gasteiger partial charge in [-0.2, -0.15) is 0 Å². The molecule has 13 heavy (non-hydrogen) atoms. The van der Waals surface area contributed by atoms with E-state index in [1.807, 2.05) is 0 Å². The van der Waals surface area contributed by atoms with E-state index in [1.54, 1.807) is 0 Å². The molecule has 0 aromatic rings. The Morgan fingerprint density at radius 2 is 2.54 bits per heavy atom. The van der Waals surface area contributed by atoms with Crippen LogP contribution in [-0.2, 0) is 3.07 Å². The quantitative estimate of drug-likeness (QED) is 0.549. The normalized spacial score (nSPS) is 40.0. The monoisotopic (exact) mass is 412 g/mol. The number of nitrogens with zero attached hydrogens (tertiary/aromatic N) is 1. The number of halogens is 3. The molecule has 2 heterocycles. The SMILES string of the molecule is F[C@H]1CN2CCC[C@]2(CO[I-]I)C1. The summed E-state index contributed by atoms with van der Waals surface area (Å²) in [5.74, 6) is 0. The fourth-order valence-electron chi connectivity index (χ4n) is 2.57. The molecule has 0 unspecified atom stereocenters. The Bertz CT molecular complexity index is 195. The van der Waals surface area contributed by atoms with E-state index in [-0.39, 0.29) is 23.2 Å². The van der Waals surface area contributed by atoms with Crippen molar-refractivity contribution >= 4 is 18.6 Å². The first-order valence-electron chi connectivity index (χ1n) is 4.54. The topological polar surface area (TPSA) is 12.5 Å². The average molecular weight is 412 g/mol. The fourth-order valence-corrected chi connectivity index (χ4v) is 4.06. The molecule has 0 saturated carbocycles. The van der Waals surface area contributed by atoms with Crippen molar-refractivity contribution < 1.29 is 25.1 Å². The molecule has 5 heteroatoms. The second-order valence-electron chi connectivity index (χ2n) is 3.89. The van der Waals surface area contributed by atoms with Gasteiger partial charge in [0.15, 0.2) is 0 Å². The molecule has 0 radical (unpaired) electrons. The Labute approximate surface area is 98.6 Å². The van der Waals surface area contributed by atoms with Crippen molar-refractivity contribution in [1.82, 2.24) is 4.90 Å². The molecule has 2 aliphatic heterocycles. The standard InChI is InChI=1S/C8H13FI2NO/c9-7-4-8(6-13-11-10)2-1-3-12(8)5-7/h7H,1-6H2/q-1/t7-,8-/m1/s1. The summed E-state index contributed by atoms with van der Waals surface area (Å²) in [5, 5.41) is 0. The maximum atomic E-state index is 13.2. The minimum absolute atomic E-state index is 0.0876. The minimum atomic E-state index is -0.615. The van der Waals surface area contributed by atoms with Gasteiger partial charge in [0.05, 0.1) is 0 Å².